The predicted octanol–water partition coefficient (Wildman–Crippen LogP) is -0.475. The second-order valence-corrected chi connectivity index (χ2v) is 0.440. The molecule has 0 unspecified atom stereocenters. The van der Waals surface area contributed by atoms with Crippen molar-refractivity contribution in [1.29, 1.82) is 0 Å². The maximum atomic E-state index is 4.46. The number of hydrogen-bond donors (Lipinski definition) is 2. The van der Waals surface area contributed by atoms with Crippen molar-refractivity contribution in [3.8, 4) is 0 Å². The molecule has 0 rings (SSSR count). The normalized spacial score (nSPS) is 6.60. The lowest BCUT2D eigenvalue weighted by Gasteiger charge is -1.84. The lowest BCUT2D eigenvalue weighted by molar-refractivity contribution is 0.0725. The Labute approximate surface area is 30.3 Å². The smallest absolute Gasteiger partial charge is 0.0189 e. The highest BCUT2D eigenvalue weighted by Crippen LogP contribution is 1.41. The van der Waals surface area contributed by atoms with E-state index in [9.17, 15) is 0 Å². The molecule has 0 heterocycles. The van der Waals surface area contributed by atoms with Crippen LogP contribution in [0.25, 0.3) is 0 Å². The molecule has 30 valence electrons. The van der Waals surface area contributed by atoms with E-state index in [1.165, 1.54) is 6.20 Å². The van der Waals surface area contributed by atoms with Crippen molar-refractivity contribution < 1.29 is 4.94 Å². The third-order valence-corrected chi connectivity index (χ3v) is 0.151. The van der Waals surface area contributed by atoms with Gasteiger partial charge in [-0.2, -0.15) is 10.8 Å². The van der Waals surface area contributed by atoms with Crippen LogP contribution in [0.15, 0.2) is 12.8 Å². The Morgan fingerprint density at radius 1 is 2.00 bits per heavy atom. The van der Waals surface area contributed by atoms with Crippen molar-refractivity contribution >= 4 is 0 Å². The molecule has 0 saturated heterocycles. The summed E-state index contributed by atoms with van der Waals surface area (Å²) in [6, 6.07) is 0. The molecule has 3 heteroatoms. The van der Waals surface area contributed by atoms with Crippen LogP contribution in [0.2, 0.25) is 0 Å². The Morgan fingerprint density at radius 2 is 2.60 bits per heavy atom. The van der Waals surface area contributed by atoms with Gasteiger partial charge in [-0.05, 0) is 0 Å². The summed E-state index contributed by atoms with van der Waals surface area (Å²) >= 11 is 0. The van der Waals surface area contributed by atoms with E-state index in [-0.39, 0.29) is 0 Å². The molecule has 0 aliphatic carbocycles. The van der Waals surface area contributed by atoms with Crippen molar-refractivity contribution in [2.24, 2.45) is 5.90 Å². The van der Waals surface area contributed by atoms with Crippen molar-refractivity contribution in [1.82, 2.24) is 5.48 Å². The van der Waals surface area contributed by atoms with E-state index in [4.69, 9.17) is 0 Å². The van der Waals surface area contributed by atoms with E-state index in [1.807, 2.05) is 0 Å². The molecule has 0 aliphatic heterocycles. The summed E-state index contributed by atoms with van der Waals surface area (Å²) in [5, 5.41) is 0. The van der Waals surface area contributed by atoms with Gasteiger partial charge in [-0.15, -0.1) is 0 Å². The summed E-state index contributed by atoms with van der Waals surface area (Å²) in [6.45, 7) is 3.23. The van der Waals surface area contributed by atoms with Crippen LogP contribution in [-0.4, -0.2) is 0 Å². The highest BCUT2D eigenvalue weighted by atomic mass is 16.8. The monoisotopic (exact) mass is 74.0 g/mol. The first kappa shape index (κ1) is 4.46. The van der Waals surface area contributed by atoms with Gasteiger partial charge < -0.3 is 0 Å². The van der Waals surface area contributed by atoms with Crippen LogP contribution in [0.3, 0.4) is 0 Å². The summed E-state index contributed by atoms with van der Waals surface area (Å²) in [7, 11) is 0. The van der Waals surface area contributed by atoms with Gasteiger partial charge in [0.25, 0.3) is 0 Å². The molecule has 3 nitrogen and oxygen atoms in total. The zero-order chi connectivity index (χ0) is 4.12. The second kappa shape index (κ2) is 3.46. The minimum absolute atomic E-state index is 1.33. The topological polar surface area (TPSA) is 47.3 Å². The van der Waals surface area contributed by atoms with E-state index in [0.29, 0.717) is 0 Å². The maximum Gasteiger partial charge on any atom is 0.0189 e. The molecule has 3 N–H and O–H groups in total. The zero-order valence-corrected chi connectivity index (χ0v) is 2.77. The maximum absolute atomic E-state index is 4.46. The van der Waals surface area contributed by atoms with E-state index < -0.39 is 0 Å². The molecule has 0 atom stereocenters. The number of hydrogen-bond acceptors (Lipinski definition) is 3. The highest BCUT2D eigenvalue weighted by molar-refractivity contribution is 4.51. The van der Waals surface area contributed by atoms with Crippen LogP contribution in [0, 0.1) is 0 Å². The Bertz CT molecular complexity index is 28.8. The first-order valence-corrected chi connectivity index (χ1v) is 1.14. The molecular formula is C2H6N2O. The number of nitrogens with one attached hydrogen (secondary N) is 1. The summed E-state index contributed by atoms with van der Waals surface area (Å²) < 4.78 is 0. The third-order valence-electron chi connectivity index (χ3n) is 0.151. The number of rotatable bonds is 2. The Balaban J connectivity index is 2.40. The second-order valence-electron chi connectivity index (χ2n) is 0.440. The van der Waals surface area contributed by atoms with Gasteiger partial charge in [-0.1, -0.05) is 6.58 Å². The fraction of sp³-hybridized carbons (Fsp3) is 0. The molecule has 0 spiro atoms. The zero-order valence-electron chi connectivity index (χ0n) is 2.77. The SMILES string of the molecule is C=CNON. The first-order valence-electron chi connectivity index (χ1n) is 1.14. The average molecular weight is 74.1 g/mol. The van der Waals surface area contributed by atoms with Gasteiger partial charge in [0.2, 0.25) is 0 Å². The molecule has 0 aromatic heterocycles. The number of nitrogens with two attached hydrogens (primary N) is 1. The van der Waals surface area contributed by atoms with Gasteiger partial charge in [0, 0.05) is 6.20 Å². The van der Waals surface area contributed by atoms with Gasteiger partial charge in [0.05, 0.1) is 0 Å². The summed E-state index contributed by atoms with van der Waals surface area (Å²) in [5.41, 5.74) is 2.15. The Kier molecular flexibility index (Phi) is 3.09. The van der Waals surface area contributed by atoms with E-state index in [2.05, 4.69) is 22.9 Å². The lowest BCUT2D eigenvalue weighted by atomic mass is 11.1. The van der Waals surface area contributed by atoms with Crippen molar-refractivity contribution in [3.05, 3.63) is 12.8 Å². The van der Waals surface area contributed by atoms with Gasteiger partial charge in [0.1, 0.15) is 0 Å². The minimum atomic E-state index is 1.33. The molecular weight excluding hydrogens is 68.0 g/mol. The van der Waals surface area contributed by atoms with Crippen LogP contribution in [0.1, 0.15) is 0 Å². The third kappa shape index (κ3) is 3.46. The fourth-order valence-electron chi connectivity index (χ4n) is 0.0481. The van der Waals surface area contributed by atoms with Gasteiger partial charge >= 0.3 is 0 Å². The van der Waals surface area contributed by atoms with Gasteiger partial charge in [-0.3, -0.25) is 5.48 Å². The van der Waals surface area contributed by atoms with E-state index >= 15 is 0 Å². The molecule has 0 aromatic carbocycles. The molecule has 5 heavy (non-hydrogen) atoms. The molecule has 0 fully saturated rings. The Morgan fingerprint density at radius 3 is 2.60 bits per heavy atom. The minimum Gasteiger partial charge on any atom is -0.256 e. The summed E-state index contributed by atoms with van der Waals surface area (Å²) in [5.74, 6) is 4.46. The summed E-state index contributed by atoms with van der Waals surface area (Å²) in [6.07, 6.45) is 1.33. The van der Waals surface area contributed by atoms with E-state index in [1.54, 1.807) is 0 Å². The van der Waals surface area contributed by atoms with Crippen LogP contribution in [-0.2, 0) is 4.94 Å². The van der Waals surface area contributed by atoms with E-state index in [0.717, 1.165) is 0 Å². The highest BCUT2D eigenvalue weighted by Gasteiger charge is 1.51. The van der Waals surface area contributed by atoms with Crippen LogP contribution in [0.5, 0.6) is 0 Å². The lowest BCUT2D eigenvalue weighted by Crippen LogP contribution is -2.10. The predicted molar refractivity (Wildman–Crippen MR) is 18.6 cm³/mol. The van der Waals surface area contributed by atoms with Crippen molar-refractivity contribution in [3.63, 3.8) is 0 Å². The Hall–Kier alpha value is -0.540. The molecule has 0 aliphatic rings. The largest absolute Gasteiger partial charge is 0.256 e. The van der Waals surface area contributed by atoms with Gasteiger partial charge in [0.15, 0.2) is 0 Å². The van der Waals surface area contributed by atoms with Crippen molar-refractivity contribution in [2.75, 3.05) is 0 Å². The number of hydroxylamine groups is 1. The molecule has 0 radical (unpaired) electrons. The van der Waals surface area contributed by atoms with Crippen molar-refractivity contribution in [2.45, 2.75) is 0 Å². The molecule has 0 bridgehead atoms. The molecule has 0 saturated carbocycles. The van der Waals surface area contributed by atoms with Crippen LogP contribution < -0.4 is 11.4 Å². The van der Waals surface area contributed by atoms with Crippen LogP contribution >= 0.6 is 0 Å². The van der Waals surface area contributed by atoms with Crippen LogP contribution in [0.4, 0.5) is 0 Å². The fourth-order valence-corrected chi connectivity index (χ4v) is 0.0481. The molecule has 0 aromatic rings. The van der Waals surface area contributed by atoms with Gasteiger partial charge in [-0.25, -0.2) is 0 Å². The first-order chi connectivity index (χ1) is 2.41. The standard InChI is InChI=1S/C2H6N2O/c1-2-4-5-3/h2,4H,1,3H2. The quantitative estimate of drug-likeness (QED) is 0.435. The average Bonchev–Trinajstić information content (AvgIpc) is 1.41. The molecule has 0 amide bonds. The summed E-state index contributed by atoms with van der Waals surface area (Å²) in [4.78, 5) is 3.82.